The third-order valence-electron chi connectivity index (χ3n) is 4.58. The van der Waals surface area contributed by atoms with Crippen molar-refractivity contribution < 1.29 is 9.53 Å². The molecule has 3 heteroatoms. The zero-order valence-electron chi connectivity index (χ0n) is 16.4. The molecular weight excluding hydrogens is 346 g/mol. The van der Waals surface area contributed by atoms with Gasteiger partial charge in [-0.2, -0.15) is 0 Å². The fourth-order valence-electron chi connectivity index (χ4n) is 3.09. The largest absolute Gasteiger partial charge is 0.492 e. The van der Waals surface area contributed by atoms with Crippen molar-refractivity contribution >= 4 is 5.91 Å². The minimum Gasteiger partial charge on any atom is -0.492 e. The number of hydrogen-bond donors (Lipinski definition) is 1. The van der Waals surface area contributed by atoms with Crippen LogP contribution < -0.4 is 10.1 Å². The van der Waals surface area contributed by atoms with Gasteiger partial charge in [0, 0.05) is 0 Å². The molecule has 0 aromatic heterocycles. The Morgan fingerprint density at radius 1 is 0.821 bits per heavy atom. The quantitative estimate of drug-likeness (QED) is 0.534. The van der Waals surface area contributed by atoms with E-state index in [4.69, 9.17) is 4.74 Å². The minimum absolute atomic E-state index is 0.00866. The molecule has 144 valence electrons. The highest BCUT2D eigenvalue weighted by molar-refractivity contribution is 5.78. The van der Waals surface area contributed by atoms with Gasteiger partial charge < -0.3 is 10.1 Å². The van der Waals surface area contributed by atoms with Crippen molar-refractivity contribution in [1.29, 1.82) is 0 Å². The molecule has 1 N–H and O–H groups in total. The number of carbonyl (C=O) groups is 1. The van der Waals surface area contributed by atoms with Gasteiger partial charge in [-0.25, -0.2) is 0 Å². The number of benzene rings is 3. The maximum absolute atomic E-state index is 12.1. The topological polar surface area (TPSA) is 38.3 Å². The molecule has 0 aliphatic heterocycles. The van der Waals surface area contributed by atoms with Crippen LogP contribution in [0.25, 0.3) is 11.1 Å². The lowest BCUT2D eigenvalue weighted by Crippen LogP contribution is -2.29. The van der Waals surface area contributed by atoms with E-state index < -0.39 is 0 Å². The molecule has 0 bridgehead atoms. The van der Waals surface area contributed by atoms with Crippen LogP contribution in [0.1, 0.15) is 24.5 Å². The molecule has 3 nitrogen and oxygen atoms in total. The first-order valence-corrected chi connectivity index (χ1v) is 9.87. The Morgan fingerprint density at radius 3 is 2.14 bits per heavy atom. The predicted molar refractivity (Wildman–Crippen MR) is 115 cm³/mol. The first-order valence-electron chi connectivity index (χ1n) is 9.87. The average molecular weight is 373 g/mol. The Labute approximate surface area is 167 Å². The van der Waals surface area contributed by atoms with Crippen molar-refractivity contribution in [2.45, 2.75) is 26.2 Å². The smallest absolute Gasteiger partial charge is 0.224 e. The number of nitrogens with one attached hydrogen (secondary N) is 1. The highest BCUT2D eigenvalue weighted by Gasteiger charge is 2.04. The number of ether oxygens (including phenoxy) is 1. The molecule has 0 fully saturated rings. The molecule has 3 aromatic carbocycles. The molecule has 0 atom stereocenters. The van der Waals surface area contributed by atoms with Crippen LogP contribution in [0.4, 0.5) is 0 Å². The first-order chi connectivity index (χ1) is 13.7. The zero-order valence-corrected chi connectivity index (χ0v) is 16.4. The molecule has 0 saturated carbocycles. The van der Waals surface area contributed by atoms with Gasteiger partial charge in [0.15, 0.2) is 0 Å². The second kappa shape index (κ2) is 10.3. The van der Waals surface area contributed by atoms with E-state index in [1.807, 2.05) is 42.5 Å². The van der Waals surface area contributed by atoms with Crippen molar-refractivity contribution in [3.63, 3.8) is 0 Å². The lowest BCUT2D eigenvalue weighted by molar-refractivity contribution is -0.120. The standard InChI is InChI=1S/C25H27NO2/c1-2-6-20-11-15-24(16-12-20)28-18-17-26-25(27)19-21-9-13-23(14-10-21)22-7-4-3-5-8-22/h3-5,7-16H,2,6,17-19H2,1H3,(H,26,27). The summed E-state index contributed by atoms with van der Waals surface area (Å²) in [6.07, 6.45) is 2.60. The van der Waals surface area contributed by atoms with E-state index in [1.54, 1.807) is 0 Å². The Balaban J connectivity index is 1.39. The Bertz CT molecular complexity index is 855. The van der Waals surface area contributed by atoms with Crippen LogP contribution in [0.2, 0.25) is 0 Å². The van der Waals surface area contributed by atoms with E-state index in [9.17, 15) is 4.79 Å². The van der Waals surface area contributed by atoms with E-state index in [2.05, 4.69) is 48.6 Å². The highest BCUT2D eigenvalue weighted by atomic mass is 16.5. The Hall–Kier alpha value is -3.07. The van der Waals surface area contributed by atoms with Crippen LogP contribution in [-0.2, 0) is 17.6 Å². The Kier molecular flexibility index (Phi) is 7.25. The molecule has 28 heavy (non-hydrogen) atoms. The number of amides is 1. The highest BCUT2D eigenvalue weighted by Crippen LogP contribution is 2.19. The van der Waals surface area contributed by atoms with Gasteiger partial charge in [-0.15, -0.1) is 0 Å². The van der Waals surface area contributed by atoms with E-state index in [0.717, 1.165) is 29.7 Å². The zero-order chi connectivity index (χ0) is 19.6. The van der Waals surface area contributed by atoms with Crippen LogP contribution in [0.15, 0.2) is 78.9 Å². The first kappa shape index (κ1) is 19.7. The van der Waals surface area contributed by atoms with Crippen LogP contribution >= 0.6 is 0 Å². The van der Waals surface area contributed by atoms with Gasteiger partial charge in [0.2, 0.25) is 5.91 Å². The van der Waals surface area contributed by atoms with Gasteiger partial charge in [0.05, 0.1) is 13.0 Å². The van der Waals surface area contributed by atoms with Gasteiger partial charge in [0.25, 0.3) is 0 Å². The van der Waals surface area contributed by atoms with Gasteiger partial charge in [-0.05, 0) is 40.8 Å². The van der Waals surface area contributed by atoms with E-state index in [-0.39, 0.29) is 5.91 Å². The van der Waals surface area contributed by atoms with E-state index >= 15 is 0 Å². The molecule has 0 aliphatic rings. The third kappa shape index (κ3) is 5.98. The summed E-state index contributed by atoms with van der Waals surface area (Å²) in [5.41, 5.74) is 4.66. The van der Waals surface area contributed by atoms with E-state index in [0.29, 0.717) is 19.6 Å². The molecule has 0 heterocycles. The van der Waals surface area contributed by atoms with Crippen LogP contribution in [0.5, 0.6) is 5.75 Å². The molecule has 0 unspecified atom stereocenters. The van der Waals surface area contributed by atoms with Crippen molar-refractivity contribution in [3.05, 3.63) is 90.0 Å². The fraction of sp³-hybridized carbons (Fsp3) is 0.240. The van der Waals surface area contributed by atoms with Crippen LogP contribution in [0, 0.1) is 0 Å². The van der Waals surface area contributed by atoms with E-state index in [1.165, 1.54) is 11.1 Å². The lowest BCUT2D eigenvalue weighted by Gasteiger charge is -2.09. The second-order valence-corrected chi connectivity index (χ2v) is 6.83. The maximum Gasteiger partial charge on any atom is 0.224 e. The summed E-state index contributed by atoms with van der Waals surface area (Å²) in [6, 6.07) is 26.5. The SMILES string of the molecule is CCCc1ccc(OCCNC(=O)Cc2ccc(-c3ccccc3)cc2)cc1. The summed E-state index contributed by atoms with van der Waals surface area (Å²) < 4.78 is 5.69. The van der Waals surface area contributed by atoms with Gasteiger partial charge in [-0.1, -0.05) is 80.1 Å². The third-order valence-corrected chi connectivity index (χ3v) is 4.58. The summed E-state index contributed by atoms with van der Waals surface area (Å²) in [5, 5.41) is 2.92. The average Bonchev–Trinajstić information content (AvgIpc) is 2.74. The number of carbonyl (C=O) groups excluding carboxylic acids is 1. The van der Waals surface area contributed by atoms with Gasteiger partial charge in [-0.3, -0.25) is 4.79 Å². The fourth-order valence-corrected chi connectivity index (χ4v) is 3.09. The summed E-state index contributed by atoms with van der Waals surface area (Å²) in [6.45, 7) is 3.13. The van der Waals surface area contributed by atoms with Gasteiger partial charge in [0.1, 0.15) is 12.4 Å². The number of hydrogen-bond acceptors (Lipinski definition) is 2. The molecule has 0 saturated heterocycles. The van der Waals surface area contributed by atoms with Crippen molar-refractivity contribution in [2.75, 3.05) is 13.2 Å². The predicted octanol–water partition coefficient (Wildman–Crippen LogP) is 5.04. The summed E-state index contributed by atoms with van der Waals surface area (Å²) in [7, 11) is 0. The number of aryl methyl sites for hydroxylation is 1. The molecule has 1 amide bonds. The van der Waals surface area contributed by atoms with Gasteiger partial charge >= 0.3 is 0 Å². The summed E-state index contributed by atoms with van der Waals surface area (Å²) in [4.78, 5) is 12.1. The van der Waals surface area contributed by atoms with Crippen LogP contribution in [-0.4, -0.2) is 19.1 Å². The molecule has 3 rings (SSSR count). The van der Waals surface area contributed by atoms with Crippen LogP contribution in [0.3, 0.4) is 0 Å². The molecular formula is C25H27NO2. The summed E-state index contributed by atoms with van der Waals surface area (Å²) in [5.74, 6) is 0.847. The summed E-state index contributed by atoms with van der Waals surface area (Å²) >= 11 is 0. The Morgan fingerprint density at radius 2 is 1.46 bits per heavy atom. The second-order valence-electron chi connectivity index (χ2n) is 6.83. The van der Waals surface area contributed by atoms with Crippen molar-refractivity contribution in [3.8, 4) is 16.9 Å². The normalized spacial score (nSPS) is 10.5. The van der Waals surface area contributed by atoms with Crippen molar-refractivity contribution in [1.82, 2.24) is 5.32 Å². The molecule has 3 aromatic rings. The maximum atomic E-state index is 12.1. The monoisotopic (exact) mass is 373 g/mol. The number of rotatable bonds is 9. The molecule has 0 aliphatic carbocycles. The van der Waals surface area contributed by atoms with Crippen molar-refractivity contribution in [2.24, 2.45) is 0 Å². The lowest BCUT2D eigenvalue weighted by atomic mass is 10.0. The molecule has 0 spiro atoms. The minimum atomic E-state index is 0.00866. The molecule has 0 radical (unpaired) electrons.